The molecule has 1 aromatic carbocycles. The van der Waals surface area contributed by atoms with Gasteiger partial charge >= 0.3 is 5.97 Å². The molecule has 102 valence electrons. The maximum absolute atomic E-state index is 12.0. The lowest BCUT2D eigenvalue weighted by Crippen LogP contribution is -2.38. The summed E-state index contributed by atoms with van der Waals surface area (Å²) in [5.41, 5.74) is 0.620. The van der Waals surface area contributed by atoms with E-state index in [4.69, 9.17) is 5.11 Å². The number of hydrogen-bond acceptors (Lipinski definition) is 2. The Hall–Kier alpha value is -1.36. The normalized spacial score (nSPS) is 22.8. The van der Waals surface area contributed by atoms with Crippen LogP contribution in [0.1, 0.15) is 36.0 Å². The minimum absolute atomic E-state index is 0.0853. The van der Waals surface area contributed by atoms with Crippen LogP contribution in [0.2, 0.25) is 0 Å². The van der Waals surface area contributed by atoms with E-state index < -0.39 is 5.97 Å². The molecule has 0 aliphatic heterocycles. The van der Waals surface area contributed by atoms with E-state index in [1.165, 1.54) is 0 Å². The summed E-state index contributed by atoms with van der Waals surface area (Å²) in [6.45, 7) is 0. The topological polar surface area (TPSA) is 66.4 Å². The Labute approximate surface area is 120 Å². The molecule has 2 N–H and O–H groups in total. The minimum atomic E-state index is -0.725. The highest BCUT2D eigenvalue weighted by atomic mass is 79.9. The van der Waals surface area contributed by atoms with Crippen molar-refractivity contribution in [2.24, 2.45) is 5.92 Å². The molecule has 0 radical (unpaired) electrons. The largest absolute Gasteiger partial charge is 0.481 e. The zero-order valence-corrected chi connectivity index (χ0v) is 12.0. The summed E-state index contributed by atoms with van der Waals surface area (Å²) in [7, 11) is 0. The molecule has 0 unspecified atom stereocenters. The molecule has 0 bridgehead atoms. The molecular formula is C14H16BrNO3. The van der Waals surface area contributed by atoms with Crippen LogP contribution in [0.3, 0.4) is 0 Å². The second-order valence-corrected chi connectivity index (χ2v) is 5.79. The number of carboxylic acid groups (broad SMARTS) is 1. The molecule has 1 amide bonds. The van der Waals surface area contributed by atoms with Crippen molar-refractivity contribution >= 4 is 27.8 Å². The number of halogens is 1. The number of benzene rings is 1. The molecule has 1 fully saturated rings. The number of nitrogens with one attached hydrogen (secondary N) is 1. The average Bonchev–Trinajstić information content (AvgIpc) is 2.39. The molecule has 1 saturated carbocycles. The highest BCUT2D eigenvalue weighted by Crippen LogP contribution is 2.24. The van der Waals surface area contributed by atoms with E-state index in [1.807, 2.05) is 12.1 Å². The second-order valence-electron chi connectivity index (χ2n) is 4.87. The van der Waals surface area contributed by atoms with Crippen LogP contribution in [-0.2, 0) is 4.79 Å². The summed E-state index contributed by atoms with van der Waals surface area (Å²) in [5.74, 6) is -1.07. The highest BCUT2D eigenvalue weighted by molar-refractivity contribution is 9.10. The molecule has 1 aromatic rings. The van der Waals surface area contributed by atoms with Crippen LogP contribution < -0.4 is 5.32 Å². The Morgan fingerprint density at radius 1 is 1.21 bits per heavy atom. The first kappa shape index (κ1) is 14.1. The van der Waals surface area contributed by atoms with Crippen LogP contribution in [0.15, 0.2) is 28.7 Å². The third-order valence-electron chi connectivity index (χ3n) is 3.50. The van der Waals surface area contributed by atoms with E-state index in [0.717, 1.165) is 17.3 Å². The minimum Gasteiger partial charge on any atom is -0.481 e. The monoisotopic (exact) mass is 325 g/mol. The van der Waals surface area contributed by atoms with Gasteiger partial charge in [-0.05, 0) is 43.9 Å². The Morgan fingerprint density at radius 2 is 1.89 bits per heavy atom. The first-order chi connectivity index (χ1) is 9.06. The number of carbonyl (C=O) groups is 2. The molecule has 0 aromatic heterocycles. The van der Waals surface area contributed by atoms with Crippen LogP contribution in [0.25, 0.3) is 0 Å². The van der Waals surface area contributed by atoms with E-state index in [0.29, 0.717) is 18.4 Å². The van der Waals surface area contributed by atoms with Crippen molar-refractivity contribution in [1.29, 1.82) is 0 Å². The van der Waals surface area contributed by atoms with Crippen molar-refractivity contribution in [2.45, 2.75) is 31.7 Å². The first-order valence-electron chi connectivity index (χ1n) is 6.35. The average molecular weight is 326 g/mol. The summed E-state index contributed by atoms with van der Waals surface area (Å²) >= 11 is 3.33. The molecule has 19 heavy (non-hydrogen) atoms. The van der Waals surface area contributed by atoms with Gasteiger partial charge in [-0.1, -0.05) is 22.0 Å². The van der Waals surface area contributed by atoms with Crippen LogP contribution in [0.5, 0.6) is 0 Å². The molecule has 0 saturated heterocycles. The zero-order valence-electron chi connectivity index (χ0n) is 10.4. The molecular weight excluding hydrogens is 310 g/mol. The van der Waals surface area contributed by atoms with Crippen molar-refractivity contribution < 1.29 is 14.7 Å². The molecule has 2 rings (SSSR count). The smallest absolute Gasteiger partial charge is 0.306 e. The molecule has 5 heteroatoms. The highest BCUT2D eigenvalue weighted by Gasteiger charge is 2.26. The third-order valence-corrected chi connectivity index (χ3v) is 3.99. The van der Waals surface area contributed by atoms with Gasteiger partial charge in [-0.2, -0.15) is 0 Å². The predicted molar refractivity (Wildman–Crippen MR) is 75.0 cm³/mol. The van der Waals surface area contributed by atoms with Crippen LogP contribution in [-0.4, -0.2) is 23.0 Å². The maximum atomic E-state index is 12.0. The van der Waals surface area contributed by atoms with Gasteiger partial charge < -0.3 is 10.4 Å². The second kappa shape index (κ2) is 6.19. The van der Waals surface area contributed by atoms with Crippen LogP contribution in [0.4, 0.5) is 0 Å². The SMILES string of the molecule is O=C(NC1CCC(C(=O)O)CC1)c1cccc(Br)c1. The number of carboxylic acids is 1. The van der Waals surface area contributed by atoms with Crippen molar-refractivity contribution in [3.05, 3.63) is 34.3 Å². The van der Waals surface area contributed by atoms with E-state index in [-0.39, 0.29) is 17.9 Å². The van der Waals surface area contributed by atoms with Gasteiger partial charge in [-0.15, -0.1) is 0 Å². The third kappa shape index (κ3) is 3.80. The van der Waals surface area contributed by atoms with Crippen molar-refractivity contribution in [1.82, 2.24) is 5.32 Å². The van der Waals surface area contributed by atoms with Crippen molar-refractivity contribution in [2.75, 3.05) is 0 Å². The molecule has 0 atom stereocenters. The van der Waals surface area contributed by atoms with Crippen LogP contribution >= 0.6 is 15.9 Å². The zero-order chi connectivity index (χ0) is 13.8. The maximum Gasteiger partial charge on any atom is 0.306 e. The van der Waals surface area contributed by atoms with E-state index >= 15 is 0 Å². The number of aliphatic carboxylic acids is 1. The van der Waals surface area contributed by atoms with Gasteiger partial charge in [0.25, 0.3) is 5.91 Å². The van der Waals surface area contributed by atoms with Gasteiger partial charge in [0.15, 0.2) is 0 Å². The fourth-order valence-corrected chi connectivity index (χ4v) is 2.78. The lowest BCUT2D eigenvalue weighted by Gasteiger charge is -2.26. The fourth-order valence-electron chi connectivity index (χ4n) is 2.38. The van der Waals surface area contributed by atoms with Gasteiger partial charge in [0.05, 0.1) is 5.92 Å². The summed E-state index contributed by atoms with van der Waals surface area (Å²) in [4.78, 5) is 22.9. The summed E-state index contributed by atoms with van der Waals surface area (Å²) in [5, 5.41) is 11.9. The summed E-state index contributed by atoms with van der Waals surface area (Å²) in [6, 6.07) is 7.32. The van der Waals surface area contributed by atoms with Crippen molar-refractivity contribution in [3.63, 3.8) is 0 Å². The van der Waals surface area contributed by atoms with E-state index in [2.05, 4.69) is 21.2 Å². The predicted octanol–water partition coefficient (Wildman–Crippen LogP) is 2.82. The molecule has 1 aliphatic carbocycles. The number of rotatable bonds is 3. The van der Waals surface area contributed by atoms with Gasteiger partial charge in [0.2, 0.25) is 0 Å². The lowest BCUT2D eigenvalue weighted by molar-refractivity contribution is -0.142. The number of amides is 1. The van der Waals surface area contributed by atoms with Crippen LogP contribution in [0, 0.1) is 5.92 Å². The Morgan fingerprint density at radius 3 is 2.47 bits per heavy atom. The molecule has 1 aliphatic rings. The fraction of sp³-hybridized carbons (Fsp3) is 0.429. The van der Waals surface area contributed by atoms with Gasteiger partial charge in [-0.3, -0.25) is 9.59 Å². The lowest BCUT2D eigenvalue weighted by atomic mass is 9.86. The van der Waals surface area contributed by atoms with Gasteiger partial charge in [-0.25, -0.2) is 0 Å². The quantitative estimate of drug-likeness (QED) is 0.898. The standard InChI is InChI=1S/C14H16BrNO3/c15-11-3-1-2-10(8-11)13(17)16-12-6-4-9(5-7-12)14(18)19/h1-3,8-9,12H,4-7H2,(H,16,17)(H,18,19). The van der Waals surface area contributed by atoms with Gasteiger partial charge in [0, 0.05) is 16.1 Å². The number of hydrogen-bond donors (Lipinski definition) is 2. The molecule has 0 spiro atoms. The Bertz CT molecular complexity index is 481. The van der Waals surface area contributed by atoms with Crippen molar-refractivity contribution in [3.8, 4) is 0 Å². The molecule has 4 nitrogen and oxygen atoms in total. The molecule has 0 heterocycles. The Balaban J connectivity index is 1.89. The van der Waals surface area contributed by atoms with E-state index in [9.17, 15) is 9.59 Å². The van der Waals surface area contributed by atoms with E-state index in [1.54, 1.807) is 12.1 Å². The number of carbonyl (C=O) groups excluding carboxylic acids is 1. The first-order valence-corrected chi connectivity index (χ1v) is 7.15. The summed E-state index contributed by atoms with van der Waals surface area (Å²) in [6.07, 6.45) is 2.74. The summed E-state index contributed by atoms with van der Waals surface area (Å²) < 4.78 is 0.870. The van der Waals surface area contributed by atoms with Gasteiger partial charge in [0.1, 0.15) is 0 Å². The Kier molecular flexibility index (Phi) is 4.58.